The van der Waals surface area contributed by atoms with Crippen LogP contribution in [0.2, 0.25) is 0 Å². The number of rotatable bonds is 4. The van der Waals surface area contributed by atoms with Crippen LogP contribution in [0, 0.1) is 6.92 Å². The molecule has 1 fully saturated rings. The molecule has 0 radical (unpaired) electrons. The molecule has 0 amide bonds. The molecule has 2 aromatic rings. The van der Waals surface area contributed by atoms with Crippen molar-refractivity contribution >= 4 is 0 Å². The minimum atomic E-state index is 0.586. The fourth-order valence-corrected chi connectivity index (χ4v) is 3.03. The Labute approximate surface area is 127 Å². The number of nitrogens with one attached hydrogen (secondary N) is 1. The fraction of sp³-hybridized carbons (Fsp3) is 0.368. The highest BCUT2D eigenvalue weighted by Crippen LogP contribution is 2.15. The Kier molecular flexibility index (Phi) is 4.69. The van der Waals surface area contributed by atoms with Gasteiger partial charge in [0.15, 0.2) is 0 Å². The van der Waals surface area contributed by atoms with E-state index in [1.54, 1.807) is 0 Å². The first-order valence-electron chi connectivity index (χ1n) is 7.85. The van der Waals surface area contributed by atoms with Crippen LogP contribution in [0.1, 0.15) is 16.7 Å². The predicted octanol–water partition coefficient (Wildman–Crippen LogP) is 3.01. The molecule has 2 heteroatoms. The summed E-state index contributed by atoms with van der Waals surface area (Å²) < 4.78 is 0. The summed E-state index contributed by atoms with van der Waals surface area (Å²) in [6.07, 6.45) is 1.12. The lowest BCUT2D eigenvalue weighted by molar-refractivity contribution is 0.152. The van der Waals surface area contributed by atoms with E-state index in [0.717, 1.165) is 32.6 Å². The van der Waals surface area contributed by atoms with Crippen molar-refractivity contribution in [1.29, 1.82) is 0 Å². The van der Waals surface area contributed by atoms with Crippen LogP contribution < -0.4 is 5.32 Å². The zero-order valence-electron chi connectivity index (χ0n) is 12.8. The Balaban J connectivity index is 1.68. The third-order valence-electron chi connectivity index (χ3n) is 4.29. The van der Waals surface area contributed by atoms with Gasteiger partial charge in [-0.3, -0.25) is 4.90 Å². The molecular formula is C19H24N2. The van der Waals surface area contributed by atoms with E-state index in [9.17, 15) is 0 Å². The molecule has 2 nitrogen and oxygen atoms in total. The van der Waals surface area contributed by atoms with Crippen LogP contribution in [0.15, 0.2) is 54.6 Å². The number of piperazine rings is 1. The Morgan fingerprint density at radius 1 is 1.00 bits per heavy atom. The van der Waals surface area contributed by atoms with Crippen LogP contribution in [-0.4, -0.2) is 30.6 Å². The molecule has 0 saturated carbocycles. The fourth-order valence-electron chi connectivity index (χ4n) is 3.03. The average molecular weight is 280 g/mol. The molecule has 1 aliphatic heterocycles. The molecular weight excluding hydrogens is 256 g/mol. The molecule has 1 saturated heterocycles. The van der Waals surface area contributed by atoms with Crippen LogP contribution in [0.4, 0.5) is 0 Å². The van der Waals surface area contributed by atoms with Gasteiger partial charge in [-0.2, -0.15) is 0 Å². The van der Waals surface area contributed by atoms with Crippen molar-refractivity contribution in [3.05, 3.63) is 71.3 Å². The summed E-state index contributed by atoms with van der Waals surface area (Å²) in [4.78, 5) is 2.62. The molecule has 0 aromatic heterocycles. The van der Waals surface area contributed by atoms with Gasteiger partial charge in [-0.05, 0) is 24.5 Å². The molecule has 0 bridgehead atoms. The molecule has 110 valence electrons. The standard InChI is InChI=1S/C19H24N2/c1-16-7-9-18(10-8-16)15-21-12-11-20-14-19(21)13-17-5-3-2-4-6-17/h2-10,19-20H,11-15H2,1H3. The second-order valence-electron chi connectivity index (χ2n) is 6.00. The van der Waals surface area contributed by atoms with Gasteiger partial charge < -0.3 is 5.32 Å². The average Bonchev–Trinajstić information content (AvgIpc) is 2.52. The first kappa shape index (κ1) is 14.3. The summed E-state index contributed by atoms with van der Waals surface area (Å²) in [5.74, 6) is 0. The van der Waals surface area contributed by atoms with Gasteiger partial charge in [0.05, 0.1) is 0 Å². The molecule has 21 heavy (non-hydrogen) atoms. The lowest BCUT2D eigenvalue weighted by Crippen LogP contribution is -2.51. The van der Waals surface area contributed by atoms with Crippen LogP contribution in [0.25, 0.3) is 0 Å². The highest BCUT2D eigenvalue weighted by Gasteiger charge is 2.22. The zero-order valence-corrected chi connectivity index (χ0v) is 12.8. The van der Waals surface area contributed by atoms with Crippen molar-refractivity contribution in [1.82, 2.24) is 10.2 Å². The van der Waals surface area contributed by atoms with E-state index in [-0.39, 0.29) is 0 Å². The van der Waals surface area contributed by atoms with Gasteiger partial charge >= 0.3 is 0 Å². The summed E-state index contributed by atoms with van der Waals surface area (Å²) in [6, 6.07) is 20.4. The second-order valence-corrected chi connectivity index (χ2v) is 6.00. The smallest absolute Gasteiger partial charge is 0.0265 e. The van der Waals surface area contributed by atoms with Crippen LogP contribution in [0.3, 0.4) is 0 Å². The molecule has 3 rings (SSSR count). The Morgan fingerprint density at radius 2 is 1.76 bits per heavy atom. The van der Waals surface area contributed by atoms with Gasteiger partial charge in [0.2, 0.25) is 0 Å². The van der Waals surface area contributed by atoms with Crippen molar-refractivity contribution < 1.29 is 0 Å². The highest BCUT2D eigenvalue weighted by atomic mass is 15.2. The minimum absolute atomic E-state index is 0.586. The second kappa shape index (κ2) is 6.88. The lowest BCUT2D eigenvalue weighted by Gasteiger charge is -2.36. The van der Waals surface area contributed by atoms with Crippen molar-refractivity contribution in [3.63, 3.8) is 0 Å². The minimum Gasteiger partial charge on any atom is -0.314 e. The first-order chi connectivity index (χ1) is 10.3. The monoisotopic (exact) mass is 280 g/mol. The van der Waals surface area contributed by atoms with E-state index in [4.69, 9.17) is 0 Å². The number of hydrogen-bond donors (Lipinski definition) is 1. The molecule has 1 aliphatic rings. The Morgan fingerprint density at radius 3 is 2.52 bits per heavy atom. The maximum absolute atomic E-state index is 3.54. The van der Waals surface area contributed by atoms with Gasteiger partial charge in [0, 0.05) is 32.2 Å². The van der Waals surface area contributed by atoms with Gasteiger partial charge in [0.25, 0.3) is 0 Å². The summed E-state index contributed by atoms with van der Waals surface area (Å²) in [5, 5.41) is 3.54. The van der Waals surface area contributed by atoms with Crippen molar-refractivity contribution in [2.24, 2.45) is 0 Å². The summed E-state index contributed by atoms with van der Waals surface area (Å²) in [5.41, 5.74) is 4.18. The van der Waals surface area contributed by atoms with Crippen LogP contribution in [-0.2, 0) is 13.0 Å². The highest BCUT2D eigenvalue weighted by molar-refractivity contribution is 5.22. The molecule has 1 unspecified atom stereocenters. The van der Waals surface area contributed by atoms with Crippen LogP contribution in [0.5, 0.6) is 0 Å². The lowest BCUT2D eigenvalue weighted by atomic mass is 10.0. The Hall–Kier alpha value is -1.64. The topological polar surface area (TPSA) is 15.3 Å². The van der Waals surface area contributed by atoms with Crippen LogP contribution >= 0.6 is 0 Å². The van der Waals surface area contributed by atoms with Crippen molar-refractivity contribution in [3.8, 4) is 0 Å². The molecule has 1 N–H and O–H groups in total. The summed E-state index contributed by atoms with van der Waals surface area (Å²) in [6.45, 7) is 6.51. The first-order valence-corrected chi connectivity index (χ1v) is 7.85. The largest absolute Gasteiger partial charge is 0.314 e. The normalized spacial score (nSPS) is 19.6. The molecule has 1 heterocycles. The van der Waals surface area contributed by atoms with Gasteiger partial charge in [-0.1, -0.05) is 60.2 Å². The molecule has 0 aliphatic carbocycles. The van der Waals surface area contributed by atoms with E-state index in [1.807, 2.05) is 0 Å². The number of nitrogens with zero attached hydrogens (tertiary/aromatic N) is 1. The van der Waals surface area contributed by atoms with Gasteiger partial charge in [0.1, 0.15) is 0 Å². The van der Waals surface area contributed by atoms with E-state index in [1.165, 1.54) is 16.7 Å². The third kappa shape index (κ3) is 3.93. The van der Waals surface area contributed by atoms with E-state index >= 15 is 0 Å². The molecule has 0 spiro atoms. The maximum Gasteiger partial charge on any atom is 0.0265 e. The number of aryl methyl sites for hydroxylation is 1. The molecule has 1 atom stereocenters. The SMILES string of the molecule is Cc1ccc(CN2CCNCC2Cc2ccccc2)cc1. The number of hydrogen-bond acceptors (Lipinski definition) is 2. The number of benzene rings is 2. The molecule has 2 aromatic carbocycles. The van der Waals surface area contributed by atoms with Crippen molar-refractivity contribution in [2.75, 3.05) is 19.6 Å². The van der Waals surface area contributed by atoms with Crippen molar-refractivity contribution in [2.45, 2.75) is 25.9 Å². The van der Waals surface area contributed by atoms with E-state index in [0.29, 0.717) is 6.04 Å². The van der Waals surface area contributed by atoms with Gasteiger partial charge in [-0.25, -0.2) is 0 Å². The summed E-state index contributed by atoms with van der Waals surface area (Å²) in [7, 11) is 0. The summed E-state index contributed by atoms with van der Waals surface area (Å²) >= 11 is 0. The quantitative estimate of drug-likeness (QED) is 0.926. The maximum atomic E-state index is 3.54. The zero-order chi connectivity index (χ0) is 14.5. The Bertz CT molecular complexity index is 548. The van der Waals surface area contributed by atoms with E-state index < -0.39 is 0 Å². The van der Waals surface area contributed by atoms with E-state index in [2.05, 4.69) is 71.7 Å². The predicted molar refractivity (Wildman–Crippen MR) is 88.4 cm³/mol. The van der Waals surface area contributed by atoms with Gasteiger partial charge in [-0.15, -0.1) is 0 Å². The third-order valence-corrected chi connectivity index (χ3v) is 4.29.